The van der Waals surface area contributed by atoms with Crippen molar-refractivity contribution in [2.45, 2.75) is 20.3 Å². The Labute approximate surface area is 80.1 Å². The van der Waals surface area contributed by atoms with E-state index >= 15 is 0 Å². The van der Waals surface area contributed by atoms with Crippen LogP contribution >= 0.6 is 15.9 Å². The summed E-state index contributed by atoms with van der Waals surface area (Å²) in [6.45, 7) is 5.79. The normalized spacial score (nSPS) is 14.6. The van der Waals surface area contributed by atoms with Gasteiger partial charge in [0.25, 0.3) is 0 Å². The number of alkyl halides is 1. The highest BCUT2D eigenvalue weighted by Gasteiger charge is 2.19. The fourth-order valence-corrected chi connectivity index (χ4v) is 1.98. The van der Waals surface area contributed by atoms with E-state index < -0.39 is 0 Å². The monoisotopic (exact) mass is 219 g/mol. The van der Waals surface area contributed by atoms with Gasteiger partial charge in [-0.2, -0.15) is 0 Å². The van der Waals surface area contributed by atoms with Crippen LogP contribution in [0.5, 0.6) is 0 Å². The third kappa shape index (κ3) is 5.74. The molecule has 0 aliphatic carbocycles. The lowest BCUT2D eigenvalue weighted by atomic mass is 9.90. The van der Waals surface area contributed by atoms with Crippen molar-refractivity contribution in [3.8, 4) is 0 Å². The van der Waals surface area contributed by atoms with Crippen LogP contribution in [0.25, 0.3) is 0 Å². The molecule has 11 heavy (non-hydrogen) atoms. The van der Waals surface area contributed by atoms with Crippen LogP contribution in [0.3, 0.4) is 0 Å². The molecule has 0 spiro atoms. The fourth-order valence-electron chi connectivity index (χ4n) is 1.19. The van der Waals surface area contributed by atoms with Crippen LogP contribution in [0.2, 0.25) is 0 Å². The Bertz CT molecular complexity index is 106. The smallest absolute Gasteiger partial charge is 0.399 e. The topological polar surface area (TPSA) is 0 Å². The Morgan fingerprint density at radius 3 is 2.36 bits per heavy atom. The van der Waals surface area contributed by atoms with Crippen molar-refractivity contribution in [1.82, 2.24) is 0 Å². The van der Waals surface area contributed by atoms with Crippen LogP contribution in [0, 0.1) is 5.92 Å². The van der Waals surface area contributed by atoms with Crippen molar-refractivity contribution in [2.75, 3.05) is 25.9 Å². The molecule has 0 aliphatic heterocycles. The number of hydrogen-bond acceptors (Lipinski definition) is 0. The molecule has 0 saturated heterocycles. The van der Waals surface area contributed by atoms with E-state index in [1.807, 2.05) is 0 Å². The molecule has 1 atom stereocenters. The zero-order valence-electron chi connectivity index (χ0n) is 8.10. The Morgan fingerprint density at radius 1 is 1.45 bits per heavy atom. The summed E-state index contributed by atoms with van der Waals surface area (Å²) < 4.78 is 1.01. The second-order valence-electron chi connectivity index (χ2n) is 3.81. The van der Waals surface area contributed by atoms with Crippen molar-refractivity contribution in [2.24, 2.45) is 5.92 Å². The van der Waals surface area contributed by atoms with Gasteiger partial charge < -0.3 is 4.39 Å². The third-order valence-electron chi connectivity index (χ3n) is 2.04. The summed E-state index contributed by atoms with van der Waals surface area (Å²) in [5.41, 5.74) is 0. The first-order valence-electron chi connectivity index (χ1n) is 4.25. The molecule has 0 aromatic carbocycles. The van der Waals surface area contributed by atoms with E-state index in [1.165, 1.54) is 13.0 Å². The average molecular weight is 220 g/mol. The van der Waals surface area contributed by atoms with Gasteiger partial charge in [0, 0.05) is 25.2 Å². The van der Waals surface area contributed by atoms with Gasteiger partial charge in [0.1, 0.15) is 0 Å². The summed E-state index contributed by atoms with van der Waals surface area (Å²) in [7, 11) is 6.77. The van der Waals surface area contributed by atoms with Gasteiger partial charge in [-0.05, 0) is 6.42 Å². The molecule has 0 rings (SSSR count). The van der Waals surface area contributed by atoms with Gasteiger partial charge in [-0.3, -0.25) is 0 Å². The minimum Gasteiger partial charge on any atom is -0.399 e. The van der Waals surface area contributed by atoms with E-state index in [2.05, 4.69) is 51.3 Å². The number of nitrogens with zero attached hydrogens (tertiary/aromatic N) is 1. The van der Waals surface area contributed by atoms with E-state index in [1.54, 1.807) is 0 Å². The van der Waals surface area contributed by atoms with Gasteiger partial charge in [0.15, 0.2) is 0 Å². The second-order valence-corrected chi connectivity index (χ2v) is 4.46. The van der Waals surface area contributed by atoms with Crippen molar-refractivity contribution < 1.29 is 4.39 Å². The zero-order chi connectivity index (χ0) is 8.91. The Morgan fingerprint density at radius 2 is 2.00 bits per heavy atom. The van der Waals surface area contributed by atoms with Crippen LogP contribution in [0.4, 0.5) is 0 Å². The van der Waals surface area contributed by atoms with Crippen molar-refractivity contribution in [1.29, 1.82) is 0 Å². The van der Waals surface area contributed by atoms with E-state index in [0.29, 0.717) is 0 Å². The summed E-state index contributed by atoms with van der Waals surface area (Å²) in [6.07, 6.45) is 1.28. The van der Waals surface area contributed by atoms with Crippen LogP contribution < -0.4 is 0 Å². The summed E-state index contributed by atoms with van der Waals surface area (Å²) in [5.74, 6) is 0.820. The Kier molecular flexibility index (Phi) is 5.44. The molecule has 3 heteroatoms. The zero-order valence-corrected chi connectivity index (χ0v) is 9.69. The SMILES string of the molecule is CCC(C)C[N+](C)(C)[B]CBr. The van der Waals surface area contributed by atoms with Crippen molar-refractivity contribution >= 4 is 23.3 Å². The molecule has 0 fully saturated rings. The molecule has 0 aliphatic rings. The molecule has 0 heterocycles. The maximum atomic E-state index is 3.43. The lowest BCUT2D eigenvalue weighted by molar-refractivity contribution is -0.782. The Hall–Kier alpha value is 0.505. The van der Waals surface area contributed by atoms with Crippen molar-refractivity contribution in [3.05, 3.63) is 0 Å². The maximum absolute atomic E-state index is 3.43. The van der Waals surface area contributed by atoms with Gasteiger partial charge in [-0.25, -0.2) is 0 Å². The lowest BCUT2D eigenvalue weighted by Crippen LogP contribution is -2.46. The average Bonchev–Trinajstić information content (AvgIpc) is 1.86. The first-order valence-corrected chi connectivity index (χ1v) is 5.37. The third-order valence-corrected chi connectivity index (χ3v) is 2.33. The van der Waals surface area contributed by atoms with E-state index in [0.717, 1.165) is 15.5 Å². The first kappa shape index (κ1) is 11.5. The highest BCUT2D eigenvalue weighted by Crippen LogP contribution is 2.07. The van der Waals surface area contributed by atoms with Crippen LogP contribution in [0.1, 0.15) is 20.3 Å². The van der Waals surface area contributed by atoms with Gasteiger partial charge in [-0.15, -0.1) is 0 Å². The molecule has 0 amide bonds. The molecule has 0 N–H and O–H groups in total. The predicted molar refractivity (Wildman–Crippen MR) is 56.0 cm³/mol. The molecular weight excluding hydrogens is 201 g/mol. The number of rotatable bonds is 5. The molecule has 0 saturated carbocycles. The van der Waals surface area contributed by atoms with Gasteiger partial charge in [-0.1, -0.05) is 29.8 Å². The molecule has 0 aromatic heterocycles. The van der Waals surface area contributed by atoms with E-state index in [4.69, 9.17) is 0 Å². The molecule has 0 bridgehead atoms. The molecule has 1 unspecified atom stereocenters. The summed E-state index contributed by atoms with van der Waals surface area (Å²) >= 11 is 3.43. The summed E-state index contributed by atoms with van der Waals surface area (Å²) in [4.78, 5) is 0. The maximum Gasteiger partial charge on any atom is 0.457 e. The predicted octanol–water partition coefficient (Wildman–Crippen LogP) is 2.08. The molecule has 1 radical (unpaired) electrons. The van der Waals surface area contributed by atoms with E-state index in [-0.39, 0.29) is 0 Å². The quantitative estimate of drug-likeness (QED) is 0.491. The second kappa shape index (κ2) is 5.20. The molecular formula is C8H19BBrN+. The minimum atomic E-state index is 0.820. The van der Waals surface area contributed by atoms with Gasteiger partial charge >= 0.3 is 7.41 Å². The molecule has 0 aromatic rings. The van der Waals surface area contributed by atoms with Crippen molar-refractivity contribution in [3.63, 3.8) is 0 Å². The van der Waals surface area contributed by atoms with Crippen LogP contribution in [0.15, 0.2) is 0 Å². The first-order chi connectivity index (χ1) is 5.02. The van der Waals surface area contributed by atoms with Crippen LogP contribution in [-0.4, -0.2) is 37.7 Å². The fraction of sp³-hybridized carbons (Fsp3) is 1.00. The number of halogens is 1. The van der Waals surface area contributed by atoms with E-state index in [9.17, 15) is 0 Å². The number of hydrogen-bond donors (Lipinski definition) is 0. The van der Waals surface area contributed by atoms with Crippen LogP contribution in [-0.2, 0) is 0 Å². The van der Waals surface area contributed by atoms with Gasteiger partial charge in [0.05, 0.1) is 6.54 Å². The molecule has 65 valence electrons. The standard InChI is InChI=1S/C8H19BBrN/c1-5-8(2)6-11(3,4)9-7-10/h8H,5-7H2,1-4H3/q+1. The summed E-state index contributed by atoms with van der Waals surface area (Å²) in [5, 5.41) is 0.983. The highest BCUT2D eigenvalue weighted by molar-refractivity contribution is 9.09. The summed E-state index contributed by atoms with van der Waals surface area (Å²) in [6, 6.07) is 0. The highest BCUT2D eigenvalue weighted by atomic mass is 79.9. The molecule has 1 nitrogen and oxygen atoms in total. The lowest BCUT2D eigenvalue weighted by Gasteiger charge is -2.31. The Balaban J connectivity index is 3.70. The minimum absolute atomic E-state index is 0.820. The van der Waals surface area contributed by atoms with Gasteiger partial charge in [0.2, 0.25) is 0 Å². The number of quaternary nitrogens is 1. The largest absolute Gasteiger partial charge is 0.457 e.